The molecule has 2 unspecified atom stereocenters. The minimum Gasteiger partial charge on any atom is -0.372 e. The van der Waals surface area contributed by atoms with Gasteiger partial charge in [-0.25, -0.2) is 4.39 Å². The molecule has 1 aliphatic rings. The van der Waals surface area contributed by atoms with Crippen molar-refractivity contribution in [3.8, 4) is 0 Å². The van der Waals surface area contributed by atoms with Gasteiger partial charge in [-0.1, -0.05) is 48.5 Å². The summed E-state index contributed by atoms with van der Waals surface area (Å²) in [6, 6.07) is 21.7. The van der Waals surface area contributed by atoms with E-state index in [1.807, 2.05) is 6.07 Å². The molecule has 3 heteroatoms. The Morgan fingerprint density at radius 2 is 1.84 bits per heavy atom. The second-order valence-electron chi connectivity index (χ2n) is 6.69. The predicted octanol–water partition coefficient (Wildman–Crippen LogP) is 4.64. The molecule has 0 bridgehead atoms. The van der Waals surface area contributed by atoms with Crippen LogP contribution in [0.4, 0.5) is 4.39 Å². The largest absolute Gasteiger partial charge is 0.372 e. The van der Waals surface area contributed by atoms with E-state index in [0.717, 1.165) is 25.1 Å². The summed E-state index contributed by atoms with van der Waals surface area (Å²) in [7, 11) is 0. The normalized spacial score (nSPS) is 20.7. The van der Waals surface area contributed by atoms with Crippen molar-refractivity contribution >= 4 is 10.8 Å². The van der Waals surface area contributed by atoms with Gasteiger partial charge in [-0.15, -0.1) is 0 Å². The molecule has 4 rings (SSSR count). The van der Waals surface area contributed by atoms with E-state index in [1.165, 1.54) is 22.4 Å². The number of rotatable bonds is 4. The fourth-order valence-corrected chi connectivity index (χ4v) is 3.66. The lowest BCUT2D eigenvalue weighted by molar-refractivity contribution is 0.0106. The van der Waals surface area contributed by atoms with Crippen LogP contribution in [0.15, 0.2) is 66.7 Å². The molecule has 1 heterocycles. The molecule has 0 radical (unpaired) electrons. The van der Waals surface area contributed by atoms with Crippen molar-refractivity contribution in [3.63, 3.8) is 0 Å². The number of halogens is 1. The van der Waals surface area contributed by atoms with Gasteiger partial charge in [0.15, 0.2) is 0 Å². The first-order valence-electron chi connectivity index (χ1n) is 8.85. The minimum absolute atomic E-state index is 0.0574. The second kappa shape index (κ2) is 7.34. The van der Waals surface area contributed by atoms with Crippen LogP contribution in [0.1, 0.15) is 23.5 Å². The number of nitrogens with one attached hydrogen (secondary N) is 1. The van der Waals surface area contributed by atoms with Gasteiger partial charge in [0.2, 0.25) is 0 Å². The molecule has 0 spiro atoms. The molecule has 3 aromatic rings. The highest BCUT2D eigenvalue weighted by Crippen LogP contribution is 2.29. The summed E-state index contributed by atoms with van der Waals surface area (Å²) >= 11 is 0. The summed E-state index contributed by atoms with van der Waals surface area (Å²) in [5.74, 6) is 0.0571. The fraction of sp³-hybridized carbons (Fsp3) is 0.273. The van der Waals surface area contributed by atoms with Crippen LogP contribution in [0.2, 0.25) is 0 Å². The van der Waals surface area contributed by atoms with E-state index in [2.05, 4.69) is 47.8 Å². The highest BCUT2D eigenvalue weighted by Gasteiger charge is 2.27. The number of fused-ring (bicyclic) bond motifs is 1. The number of hydrogen-bond donors (Lipinski definition) is 1. The Hall–Kier alpha value is -2.23. The van der Waals surface area contributed by atoms with Gasteiger partial charge < -0.3 is 10.1 Å². The lowest BCUT2D eigenvalue weighted by Gasteiger charge is -2.32. The molecule has 0 aliphatic carbocycles. The predicted molar refractivity (Wildman–Crippen MR) is 99.2 cm³/mol. The summed E-state index contributed by atoms with van der Waals surface area (Å²) in [6.07, 6.45) is 1.02. The van der Waals surface area contributed by atoms with Gasteiger partial charge in [0.1, 0.15) is 5.82 Å². The van der Waals surface area contributed by atoms with E-state index >= 15 is 0 Å². The maximum absolute atomic E-state index is 13.6. The Morgan fingerprint density at radius 1 is 0.960 bits per heavy atom. The molecule has 3 aromatic carbocycles. The number of benzene rings is 3. The SMILES string of the molecule is Fc1cccc(C2CCNCC2OCc2ccc3ccccc3c2)c1. The summed E-state index contributed by atoms with van der Waals surface area (Å²) < 4.78 is 19.8. The van der Waals surface area contributed by atoms with Crippen LogP contribution in [-0.4, -0.2) is 19.2 Å². The molecule has 25 heavy (non-hydrogen) atoms. The maximum atomic E-state index is 13.6. The van der Waals surface area contributed by atoms with Gasteiger partial charge in [0.05, 0.1) is 12.7 Å². The van der Waals surface area contributed by atoms with Crippen molar-refractivity contribution < 1.29 is 9.13 Å². The first-order chi connectivity index (χ1) is 12.3. The lowest BCUT2D eigenvalue weighted by Crippen LogP contribution is -2.41. The van der Waals surface area contributed by atoms with Crippen molar-refractivity contribution in [2.24, 2.45) is 0 Å². The van der Waals surface area contributed by atoms with Gasteiger partial charge in [-0.3, -0.25) is 0 Å². The molecule has 0 amide bonds. The van der Waals surface area contributed by atoms with Crippen molar-refractivity contribution in [1.29, 1.82) is 0 Å². The zero-order valence-corrected chi connectivity index (χ0v) is 14.1. The number of piperidine rings is 1. The van der Waals surface area contributed by atoms with Gasteiger partial charge in [0, 0.05) is 12.5 Å². The number of hydrogen-bond acceptors (Lipinski definition) is 2. The second-order valence-corrected chi connectivity index (χ2v) is 6.69. The smallest absolute Gasteiger partial charge is 0.123 e. The van der Waals surface area contributed by atoms with Crippen molar-refractivity contribution in [2.45, 2.75) is 25.0 Å². The fourth-order valence-electron chi connectivity index (χ4n) is 3.66. The number of ether oxygens (including phenoxy) is 1. The van der Waals surface area contributed by atoms with Gasteiger partial charge in [-0.05, 0) is 53.1 Å². The van der Waals surface area contributed by atoms with Crippen molar-refractivity contribution in [3.05, 3.63) is 83.7 Å². The highest BCUT2D eigenvalue weighted by atomic mass is 19.1. The topological polar surface area (TPSA) is 21.3 Å². The van der Waals surface area contributed by atoms with Crippen molar-refractivity contribution in [2.75, 3.05) is 13.1 Å². The quantitative estimate of drug-likeness (QED) is 0.750. The van der Waals surface area contributed by atoms with Crippen LogP contribution >= 0.6 is 0 Å². The minimum atomic E-state index is -0.177. The Morgan fingerprint density at radius 3 is 2.72 bits per heavy atom. The molecule has 2 atom stereocenters. The Balaban J connectivity index is 1.49. The van der Waals surface area contributed by atoms with E-state index < -0.39 is 0 Å². The van der Waals surface area contributed by atoms with Crippen LogP contribution in [0.25, 0.3) is 10.8 Å². The van der Waals surface area contributed by atoms with Crippen LogP contribution in [0.3, 0.4) is 0 Å². The maximum Gasteiger partial charge on any atom is 0.123 e. The molecule has 0 aromatic heterocycles. The average molecular weight is 335 g/mol. The van der Waals surface area contributed by atoms with Crippen LogP contribution in [0, 0.1) is 5.82 Å². The average Bonchev–Trinajstić information content (AvgIpc) is 2.66. The van der Waals surface area contributed by atoms with E-state index in [4.69, 9.17) is 4.74 Å². The molecule has 1 saturated heterocycles. The molecule has 1 N–H and O–H groups in total. The summed E-state index contributed by atoms with van der Waals surface area (Å²) in [6.45, 7) is 2.31. The third-order valence-electron chi connectivity index (χ3n) is 4.98. The van der Waals surface area contributed by atoms with E-state index in [1.54, 1.807) is 12.1 Å². The molecule has 0 saturated carbocycles. The summed E-state index contributed by atoms with van der Waals surface area (Å²) in [5.41, 5.74) is 2.20. The molecular weight excluding hydrogens is 313 g/mol. The summed E-state index contributed by atoms with van der Waals surface area (Å²) in [5, 5.41) is 5.86. The van der Waals surface area contributed by atoms with E-state index in [0.29, 0.717) is 6.61 Å². The molecule has 128 valence electrons. The third kappa shape index (κ3) is 3.73. The molecule has 1 fully saturated rings. The highest BCUT2D eigenvalue weighted by molar-refractivity contribution is 5.82. The first-order valence-corrected chi connectivity index (χ1v) is 8.85. The first kappa shape index (κ1) is 16.2. The van der Waals surface area contributed by atoms with Crippen LogP contribution in [-0.2, 0) is 11.3 Å². The molecule has 2 nitrogen and oxygen atoms in total. The van der Waals surface area contributed by atoms with E-state index in [9.17, 15) is 4.39 Å². The Bertz CT molecular complexity index is 863. The zero-order chi connectivity index (χ0) is 17.1. The summed E-state index contributed by atoms with van der Waals surface area (Å²) in [4.78, 5) is 0. The van der Waals surface area contributed by atoms with E-state index in [-0.39, 0.29) is 17.8 Å². The monoisotopic (exact) mass is 335 g/mol. The van der Waals surface area contributed by atoms with Crippen molar-refractivity contribution in [1.82, 2.24) is 5.32 Å². The van der Waals surface area contributed by atoms with Gasteiger partial charge in [-0.2, -0.15) is 0 Å². The van der Waals surface area contributed by atoms with Gasteiger partial charge in [0.25, 0.3) is 0 Å². The third-order valence-corrected chi connectivity index (χ3v) is 4.98. The van der Waals surface area contributed by atoms with Gasteiger partial charge >= 0.3 is 0 Å². The lowest BCUT2D eigenvalue weighted by atomic mass is 9.87. The van der Waals surface area contributed by atoms with Crippen LogP contribution in [0.5, 0.6) is 0 Å². The zero-order valence-electron chi connectivity index (χ0n) is 14.1. The Kier molecular flexibility index (Phi) is 4.77. The molecular formula is C22H22FNO. The molecule has 1 aliphatic heterocycles. The Labute approximate surface area is 147 Å². The van der Waals surface area contributed by atoms with Crippen LogP contribution < -0.4 is 5.32 Å². The standard InChI is InChI=1S/C22H22FNO/c23-20-7-3-6-19(13-20)21-10-11-24-14-22(21)25-15-16-8-9-17-4-1-2-5-18(17)12-16/h1-9,12-13,21-22,24H,10-11,14-15H2.